The number of carbonyl (C=O) groups is 1. The molecular formula is C19H15F2N3O3. The van der Waals surface area contributed by atoms with Crippen molar-refractivity contribution in [2.24, 2.45) is 0 Å². The molecule has 27 heavy (non-hydrogen) atoms. The Morgan fingerprint density at radius 1 is 1.22 bits per heavy atom. The first-order valence-electron chi connectivity index (χ1n) is 8.31. The molecule has 0 N–H and O–H groups in total. The minimum Gasteiger partial charge on any atom is -0.487 e. The molecule has 1 aliphatic heterocycles. The van der Waals surface area contributed by atoms with Gasteiger partial charge < -0.3 is 14.2 Å². The number of amides is 1. The quantitative estimate of drug-likeness (QED) is 0.704. The largest absolute Gasteiger partial charge is 0.487 e. The smallest absolute Gasteiger partial charge is 0.258 e. The molecule has 0 unspecified atom stereocenters. The first-order chi connectivity index (χ1) is 13.0. The van der Waals surface area contributed by atoms with Crippen molar-refractivity contribution < 1.29 is 22.8 Å². The van der Waals surface area contributed by atoms with E-state index in [1.54, 1.807) is 25.1 Å². The maximum Gasteiger partial charge on any atom is 0.258 e. The molecule has 3 aromatic rings. The Labute approximate surface area is 153 Å². The maximum absolute atomic E-state index is 13.7. The van der Waals surface area contributed by atoms with Crippen LogP contribution in [0.1, 0.15) is 16.2 Å². The van der Waals surface area contributed by atoms with Crippen LogP contribution in [-0.4, -0.2) is 40.1 Å². The monoisotopic (exact) mass is 371 g/mol. The van der Waals surface area contributed by atoms with E-state index in [0.29, 0.717) is 30.6 Å². The van der Waals surface area contributed by atoms with Crippen molar-refractivity contribution in [3.05, 3.63) is 65.5 Å². The van der Waals surface area contributed by atoms with E-state index in [1.807, 2.05) is 6.07 Å². The number of carbonyl (C=O) groups excluding carboxylic acids is 1. The molecule has 2 aromatic carbocycles. The van der Waals surface area contributed by atoms with Gasteiger partial charge >= 0.3 is 0 Å². The third-order valence-electron chi connectivity index (χ3n) is 4.21. The second kappa shape index (κ2) is 6.79. The lowest BCUT2D eigenvalue weighted by Gasteiger charge is -2.39. The first kappa shape index (κ1) is 17.1. The molecule has 1 fully saturated rings. The topological polar surface area (TPSA) is 68.5 Å². The third-order valence-corrected chi connectivity index (χ3v) is 4.21. The summed E-state index contributed by atoms with van der Waals surface area (Å²) < 4.78 is 38.0. The van der Waals surface area contributed by atoms with Gasteiger partial charge in [-0.05, 0) is 43.3 Å². The van der Waals surface area contributed by atoms with Crippen molar-refractivity contribution in [2.45, 2.75) is 13.0 Å². The van der Waals surface area contributed by atoms with Crippen LogP contribution in [-0.2, 0) is 0 Å². The number of likely N-dealkylation sites (tertiary alicyclic amines) is 1. The van der Waals surface area contributed by atoms with E-state index >= 15 is 0 Å². The minimum atomic E-state index is -0.742. The van der Waals surface area contributed by atoms with Gasteiger partial charge in [-0.3, -0.25) is 4.79 Å². The highest BCUT2D eigenvalue weighted by atomic mass is 19.1. The number of nitrogens with zero attached hydrogens (tertiary/aromatic N) is 3. The van der Waals surface area contributed by atoms with Crippen molar-refractivity contribution in [2.75, 3.05) is 13.1 Å². The molecule has 1 amide bonds. The van der Waals surface area contributed by atoms with Crippen molar-refractivity contribution in [1.82, 2.24) is 15.0 Å². The molecule has 138 valence electrons. The number of rotatable bonds is 4. The van der Waals surface area contributed by atoms with E-state index in [2.05, 4.69) is 10.1 Å². The van der Waals surface area contributed by atoms with E-state index in [-0.39, 0.29) is 11.7 Å². The molecule has 0 saturated carbocycles. The second-order valence-electron chi connectivity index (χ2n) is 6.25. The number of halogens is 2. The lowest BCUT2D eigenvalue weighted by molar-refractivity contribution is 0.0174. The van der Waals surface area contributed by atoms with Crippen molar-refractivity contribution >= 4 is 5.91 Å². The predicted molar refractivity (Wildman–Crippen MR) is 91.1 cm³/mol. The van der Waals surface area contributed by atoms with Crippen LogP contribution in [0.15, 0.2) is 47.0 Å². The SMILES string of the molecule is Cc1noc(-c2cccc(OC3CN(C(=O)c4cc(F)ccc4F)C3)c2)n1. The first-order valence-corrected chi connectivity index (χ1v) is 8.31. The molecule has 8 heteroatoms. The molecule has 0 radical (unpaired) electrons. The fourth-order valence-electron chi connectivity index (χ4n) is 2.82. The van der Waals surface area contributed by atoms with Gasteiger partial charge in [-0.25, -0.2) is 8.78 Å². The van der Waals surface area contributed by atoms with Crippen molar-refractivity contribution in [3.8, 4) is 17.2 Å². The van der Waals surface area contributed by atoms with Crippen LogP contribution in [0.5, 0.6) is 5.75 Å². The molecular weight excluding hydrogens is 356 g/mol. The molecule has 0 atom stereocenters. The third kappa shape index (κ3) is 3.51. The molecule has 1 aromatic heterocycles. The average Bonchev–Trinajstić information content (AvgIpc) is 3.06. The van der Waals surface area contributed by atoms with Crippen LogP contribution in [0.2, 0.25) is 0 Å². The highest BCUT2D eigenvalue weighted by Gasteiger charge is 2.34. The number of benzene rings is 2. The van der Waals surface area contributed by atoms with Crippen LogP contribution in [0.25, 0.3) is 11.5 Å². The van der Waals surface area contributed by atoms with Gasteiger partial charge in [0, 0.05) is 5.56 Å². The number of aromatic nitrogens is 2. The Kier molecular flexibility index (Phi) is 4.31. The fraction of sp³-hybridized carbons (Fsp3) is 0.211. The van der Waals surface area contributed by atoms with Gasteiger partial charge in [-0.1, -0.05) is 11.2 Å². The van der Waals surface area contributed by atoms with Gasteiger partial charge in [0.2, 0.25) is 0 Å². The molecule has 0 spiro atoms. The Morgan fingerprint density at radius 2 is 2.04 bits per heavy atom. The zero-order chi connectivity index (χ0) is 19.0. The van der Waals surface area contributed by atoms with Gasteiger partial charge in [-0.15, -0.1) is 0 Å². The molecule has 0 bridgehead atoms. The Hall–Kier alpha value is -3.29. The van der Waals surface area contributed by atoms with E-state index in [9.17, 15) is 13.6 Å². The van der Waals surface area contributed by atoms with Gasteiger partial charge in [0.05, 0.1) is 18.7 Å². The number of hydrogen-bond donors (Lipinski definition) is 0. The lowest BCUT2D eigenvalue weighted by atomic mass is 10.1. The summed E-state index contributed by atoms with van der Waals surface area (Å²) in [4.78, 5) is 17.9. The second-order valence-corrected chi connectivity index (χ2v) is 6.25. The summed E-state index contributed by atoms with van der Waals surface area (Å²) >= 11 is 0. The molecule has 0 aliphatic carbocycles. The summed E-state index contributed by atoms with van der Waals surface area (Å²) in [5.41, 5.74) is 0.449. The highest BCUT2D eigenvalue weighted by Crippen LogP contribution is 2.25. The molecule has 4 rings (SSSR count). The number of hydrogen-bond acceptors (Lipinski definition) is 5. The summed E-state index contributed by atoms with van der Waals surface area (Å²) in [7, 11) is 0. The van der Waals surface area contributed by atoms with E-state index in [4.69, 9.17) is 9.26 Å². The molecule has 1 aliphatic rings. The average molecular weight is 371 g/mol. The highest BCUT2D eigenvalue weighted by molar-refractivity contribution is 5.95. The zero-order valence-electron chi connectivity index (χ0n) is 14.4. The van der Waals surface area contributed by atoms with Crippen LogP contribution in [0.4, 0.5) is 8.78 Å². The molecule has 1 saturated heterocycles. The standard InChI is InChI=1S/C19H15F2N3O3/c1-11-22-18(27-23-11)12-3-2-4-14(7-12)26-15-9-24(10-15)19(25)16-8-13(20)5-6-17(16)21/h2-8,15H,9-10H2,1H3. The molecule has 6 nitrogen and oxygen atoms in total. The Morgan fingerprint density at radius 3 is 2.78 bits per heavy atom. The van der Waals surface area contributed by atoms with Crippen LogP contribution in [0, 0.1) is 18.6 Å². The summed E-state index contributed by atoms with van der Waals surface area (Å²) in [6.45, 7) is 2.31. The number of ether oxygens (including phenoxy) is 1. The number of aryl methyl sites for hydroxylation is 1. The van der Waals surface area contributed by atoms with E-state index in [0.717, 1.165) is 23.8 Å². The van der Waals surface area contributed by atoms with Gasteiger partial charge in [0.15, 0.2) is 5.82 Å². The summed E-state index contributed by atoms with van der Waals surface area (Å²) in [6.07, 6.45) is -0.231. The molecule has 2 heterocycles. The van der Waals surface area contributed by atoms with Crippen LogP contribution < -0.4 is 4.74 Å². The van der Waals surface area contributed by atoms with Crippen molar-refractivity contribution in [3.63, 3.8) is 0 Å². The van der Waals surface area contributed by atoms with Crippen LogP contribution in [0.3, 0.4) is 0 Å². The van der Waals surface area contributed by atoms with E-state index < -0.39 is 17.5 Å². The minimum absolute atomic E-state index is 0.231. The fourth-order valence-corrected chi connectivity index (χ4v) is 2.82. The summed E-state index contributed by atoms with van der Waals surface area (Å²) in [5, 5.41) is 3.75. The zero-order valence-corrected chi connectivity index (χ0v) is 14.4. The van der Waals surface area contributed by atoms with E-state index in [1.165, 1.54) is 4.90 Å². The van der Waals surface area contributed by atoms with Gasteiger partial charge in [0.1, 0.15) is 23.5 Å². The van der Waals surface area contributed by atoms with Gasteiger partial charge in [0.25, 0.3) is 11.8 Å². The van der Waals surface area contributed by atoms with Crippen molar-refractivity contribution in [1.29, 1.82) is 0 Å². The normalized spacial score (nSPS) is 14.1. The maximum atomic E-state index is 13.7. The van der Waals surface area contributed by atoms with Gasteiger partial charge in [-0.2, -0.15) is 4.98 Å². The Bertz CT molecular complexity index is 999. The summed E-state index contributed by atoms with van der Waals surface area (Å²) in [6, 6.07) is 10.00. The summed E-state index contributed by atoms with van der Waals surface area (Å²) in [5.74, 6) is -0.423. The Balaban J connectivity index is 1.39. The van der Waals surface area contributed by atoms with Crippen LogP contribution >= 0.6 is 0 Å². The lowest BCUT2D eigenvalue weighted by Crippen LogP contribution is -2.56. The predicted octanol–water partition coefficient (Wildman–Crippen LogP) is 3.23.